The van der Waals surface area contributed by atoms with Crippen LogP contribution in [0, 0.1) is 5.92 Å². The maximum atomic E-state index is 13.1. The summed E-state index contributed by atoms with van der Waals surface area (Å²) in [5.41, 5.74) is -0.0380. The molecular formula is C14H18F3NS. The summed E-state index contributed by atoms with van der Waals surface area (Å²) in [6.45, 7) is 0.596. The fraction of sp³-hybridized carbons (Fsp3) is 0.571. The molecule has 106 valence electrons. The fourth-order valence-electron chi connectivity index (χ4n) is 2.70. The maximum absolute atomic E-state index is 13.1. The van der Waals surface area contributed by atoms with Gasteiger partial charge in [0.2, 0.25) is 0 Å². The Hall–Kier alpha value is -0.680. The van der Waals surface area contributed by atoms with Crippen molar-refractivity contribution in [2.24, 2.45) is 5.92 Å². The van der Waals surface area contributed by atoms with E-state index in [1.165, 1.54) is 12.1 Å². The largest absolute Gasteiger partial charge is 0.416 e. The Bertz CT molecular complexity index is 413. The molecule has 5 heteroatoms. The van der Waals surface area contributed by atoms with E-state index >= 15 is 0 Å². The van der Waals surface area contributed by atoms with E-state index in [0.717, 1.165) is 17.9 Å². The monoisotopic (exact) mass is 289 g/mol. The Morgan fingerprint density at radius 1 is 1.37 bits per heavy atom. The molecule has 0 aliphatic carbocycles. The van der Waals surface area contributed by atoms with Crippen LogP contribution in [0.3, 0.4) is 0 Å². The molecule has 2 rings (SSSR count). The van der Waals surface area contributed by atoms with E-state index in [1.807, 2.05) is 11.8 Å². The van der Waals surface area contributed by atoms with Gasteiger partial charge in [-0.25, -0.2) is 0 Å². The molecule has 0 spiro atoms. The molecule has 0 saturated carbocycles. The van der Waals surface area contributed by atoms with Crippen LogP contribution in [0.2, 0.25) is 0 Å². The summed E-state index contributed by atoms with van der Waals surface area (Å²) in [6.07, 6.45) is -3.27. The Balaban J connectivity index is 2.35. The number of benzene rings is 1. The number of alkyl halides is 3. The molecule has 0 bridgehead atoms. The van der Waals surface area contributed by atoms with Crippen LogP contribution in [0.5, 0.6) is 0 Å². The fourth-order valence-corrected chi connectivity index (χ4v) is 4.04. The third-order valence-electron chi connectivity index (χ3n) is 3.62. The molecule has 2 unspecified atom stereocenters. The lowest BCUT2D eigenvalue weighted by Gasteiger charge is -2.26. The van der Waals surface area contributed by atoms with Gasteiger partial charge in [-0.1, -0.05) is 18.2 Å². The molecule has 1 fully saturated rings. The zero-order valence-electron chi connectivity index (χ0n) is 10.8. The number of likely N-dealkylation sites (N-methyl/N-ethyl adjacent to an activating group) is 1. The summed E-state index contributed by atoms with van der Waals surface area (Å²) in [5, 5.41) is 3.05. The Morgan fingerprint density at radius 3 is 2.68 bits per heavy atom. The highest BCUT2D eigenvalue weighted by Gasteiger charge is 2.37. The van der Waals surface area contributed by atoms with Gasteiger partial charge in [0.1, 0.15) is 0 Å². The number of thioether (sulfide) groups is 1. The van der Waals surface area contributed by atoms with Crippen LogP contribution in [-0.4, -0.2) is 25.1 Å². The lowest BCUT2D eigenvalue weighted by Crippen LogP contribution is -2.26. The summed E-state index contributed by atoms with van der Waals surface area (Å²) < 4.78 is 39.3. The standard InChI is InChI=1S/C14H18F3NS/c1-18-8-12(10-6-7-19-9-10)11-4-2-3-5-13(11)14(15,16)17/h2-5,10,12,18H,6-9H2,1H3. The quantitative estimate of drug-likeness (QED) is 0.905. The molecule has 1 N–H and O–H groups in total. The van der Waals surface area contributed by atoms with Crippen LogP contribution >= 0.6 is 11.8 Å². The lowest BCUT2D eigenvalue weighted by atomic mass is 9.83. The van der Waals surface area contributed by atoms with E-state index in [4.69, 9.17) is 0 Å². The highest BCUT2D eigenvalue weighted by atomic mass is 32.2. The molecule has 1 nitrogen and oxygen atoms in total. The van der Waals surface area contributed by atoms with Gasteiger partial charge in [-0.2, -0.15) is 24.9 Å². The molecule has 0 aromatic heterocycles. The van der Waals surface area contributed by atoms with E-state index in [2.05, 4.69) is 5.32 Å². The molecule has 19 heavy (non-hydrogen) atoms. The predicted octanol–water partition coefficient (Wildman–Crippen LogP) is 3.76. The molecular weight excluding hydrogens is 271 g/mol. The van der Waals surface area contributed by atoms with Gasteiger partial charge in [0.15, 0.2) is 0 Å². The number of hydrogen-bond donors (Lipinski definition) is 1. The third kappa shape index (κ3) is 3.45. The Kier molecular flexibility index (Phi) is 4.79. The first-order valence-electron chi connectivity index (χ1n) is 6.42. The van der Waals surface area contributed by atoms with Gasteiger partial charge < -0.3 is 5.32 Å². The molecule has 1 aliphatic rings. The van der Waals surface area contributed by atoms with Gasteiger partial charge in [-0.05, 0) is 42.5 Å². The van der Waals surface area contributed by atoms with Crippen molar-refractivity contribution in [2.45, 2.75) is 18.5 Å². The first-order chi connectivity index (χ1) is 9.04. The van der Waals surface area contributed by atoms with Gasteiger partial charge >= 0.3 is 6.18 Å². The molecule has 1 aliphatic heterocycles. The molecule has 1 saturated heterocycles. The first kappa shape index (κ1) is 14.7. The normalized spacial score (nSPS) is 21.6. The second-order valence-corrected chi connectivity index (χ2v) is 6.02. The molecule has 1 aromatic rings. The van der Waals surface area contributed by atoms with Crippen molar-refractivity contribution in [3.8, 4) is 0 Å². The van der Waals surface area contributed by atoms with Crippen molar-refractivity contribution < 1.29 is 13.2 Å². The van der Waals surface area contributed by atoms with Crippen LogP contribution in [0.4, 0.5) is 13.2 Å². The third-order valence-corrected chi connectivity index (χ3v) is 4.81. The molecule has 0 amide bonds. The summed E-state index contributed by atoms with van der Waals surface area (Å²) in [7, 11) is 1.80. The molecule has 2 atom stereocenters. The van der Waals surface area contributed by atoms with Gasteiger partial charge in [0.25, 0.3) is 0 Å². The van der Waals surface area contributed by atoms with Crippen LogP contribution in [0.1, 0.15) is 23.5 Å². The smallest absolute Gasteiger partial charge is 0.319 e. The molecule has 1 aromatic carbocycles. The van der Waals surface area contributed by atoms with E-state index in [1.54, 1.807) is 19.2 Å². The van der Waals surface area contributed by atoms with E-state index in [0.29, 0.717) is 18.0 Å². The van der Waals surface area contributed by atoms with Gasteiger partial charge in [-0.15, -0.1) is 0 Å². The maximum Gasteiger partial charge on any atom is 0.416 e. The summed E-state index contributed by atoms with van der Waals surface area (Å²) in [6, 6.07) is 6.00. The summed E-state index contributed by atoms with van der Waals surface area (Å²) in [4.78, 5) is 0. The second kappa shape index (κ2) is 6.18. The Labute approximate surface area is 116 Å². The number of nitrogens with one attached hydrogen (secondary N) is 1. The SMILES string of the molecule is CNCC(c1ccccc1C(F)(F)F)C1CCSC1. The van der Waals surface area contributed by atoms with E-state index in [-0.39, 0.29) is 5.92 Å². The first-order valence-corrected chi connectivity index (χ1v) is 7.58. The van der Waals surface area contributed by atoms with Crippen LogP contribution in [-0.2, 0) is 6.18 Å². The Morgan fingerprint density at radius 2 is 2.11 bits per heavy atom. The van der Waals surface area contributed by atoms with Gasteiger partial charge in [0.05, 0.1) is 5.56 Å². The summed E-state index contributed by atoms with van der Waals surface area (Å²) >= 11 is 1.84. The highest BCUT2D eigenvalue weighted by Crippen LogP contribution is 2.41. The van der Waals surface area contributed by atoms with Crippen LogP contribution in [0.15, 0.2) is 24.3 Å². The predicted molar refractivity (Wildman–Crippen MR) is 73.5 cm³/mol. The van der Waals surface area contributed by atoms with Gasteiger partial charge in [0, 0.05) is 12.5 Å². The van der Waals surface area contributed by atoms with Crippen LogP contribution < -0.4 is 5.32 Å². The summed E-state index contributed by atoms with van der Waals surface area (Å²) in [5.74, 6) is 2.29. The van der Waals surface area contributed by atoms with Crippen LogP contribution in [0.25, 0.3) is 0 Å². The van der Waals surface area contributed by atoms with E-state index in [9.17, 15) is 13.2 Å². The zero-order chi connectivity index (χ0) is 13.9. The second-order valence-electron chi connectivity index (χ2n) is 4.87. The minimum Gasteiger partial charge on any atom is -0.319 e. The van der Waals surface area contributed by atoms with E-state index < -0.39 is 11.7 Å². The van der Waals surface area contributed by atoms with Crippen molar-refractivity contribution in [3.05, 3.63) is 35.4 Å². The topological polar surface area (TPSA) is 12.0 Å². The van der Waals surface area contributed by atoms with Crippen molar-refractivity contribution in [1.82, 2.24) is 5.32 Å². The minimum atomic E-state index is -4.27. The van der Waals surface area contributed by atoms with Crippen molar-refractivity contribution in [3.63, 3.8) is 0 Å². The van der Waals surface area contributed by atoms with Crippen molar-refractivity contribution >= 4 is 11.8 Å². The zero-order valence-corrected chi connectivity index (χ0v) is 11.7. The number of halogens is 3. The average molecular weight is 289 g/mol. The number of hydrogen-bond acceptors (Lipinski definition) is 2. The van der Waals surface area contributed by atoms with Crippen molar-refractivity contribution in [2.75, 3.05) is 25.1 Å². The minimum absolute atomic E-state index is 0.0576. The average Bonchev–Trinajstić information content (AvgIpc) is 2.88. The van der Waals surface area contributed by atoms with Crippen molar-refractivity contribution in [1.29, 1.82) is 0 Å². The highest BCUT2D eigenvalue weighted by molar-refractivity contribution is 7.99. The lowest BCUT2D eigenvalue weighted by molar-refractivity contribution is -0.138. The molecule has 1 heterocycles. The molecule has 0 radical (unpaired) electrons. The van der Waals surface area contributed by atoms with Gasteiger partial charge in [-0.3, -0.25) is 0 Å². The number of rotatable bonds is 4.